The minimum absolute atomic E-state index is 0.168. The summed E-state index contributed by atoms with van der Waals surface area (Å²) >= 11 is 0. The van der Waals surface area contributed by atoms with Crippen molar-refractivity contribution in [3.05, 3.63) is 0 Å². The third-order valence-corrected chi connectivity index (χ3v) is 4.60. The van der Waals surface area contributed by atoms with Crippen LogP contribution in [0.1, 0.15) is 53.9 Å². The van der Waals surface area contributed by atoms with Gasteiger partial charge in [-0.15, -0.1) is 0 Å². The number of hydrogen-bond acceptors (Lipinski definition) is 6. The number of carboxylic acid groups (broad SMARTS) is 2. The topological polar surface area (TPSA) is 188 Å². The first-order valence-corrected chi connectivity index (χ1v) is 9.91. The van der Waals surface area contributed by atoms with Gasteiger partial charge in [-0.25, -0.2) is 0 Å². The largest absolute Gasteiger partial charge is 0.481 e. The fourth-order valence-electron chi connectivity index (χ4n) is 2.60. The van der Waals surface area contributed by atoms with E-state index in [0.717, 1.165) is 0 Å². The number of nitrogens with two attached hydrogens (primary N) is 1. The molecule has 11 nitrogen and oxygen atoms in total. The SMILES string of the molecule is CCC(C)C(NC(=O)C(N)CC(C)C)C(=O)NC(CC(=O)O)C(=O)NC(C)C(=O)O. The van der Waals surface area contributed by atoms with Crippen LogP contribution in [0, 0.1) is 11.8 Å². The first kappa shape index (κ1) is 27.3. The molecule has 7 N–H and O–H groups in total. The van der Waals surface area contributed by atoms with Gasteiger partial charge in [-0.2, -0.15) is 0 Å². The number of aliphatic carboxylic acids is 2. The number of rotatable bonds is 13. The number of hydrogen-bond donors (Lipinski definition) is 6. The minimum atomic E-state index is -1.51. The lowest BCUT2D eigenvalue weighted by Crippen LogP contribution is -2.58. The molecule has 3 amide bonds. The number of carbonyl (C=O) groups is 5. The summed E-state index contributed by atoms with van der Waals surface area (Å²) in [5.74, 6) is -5.06. The van der Waals surface area contributed by atoms with E-state index in [1.54, 1.807) is 13.8 Å². The molecule has 0 fully saturated rings. The second kappa shape index (κ2) is 12.8. The fourth-order valence-corrected chi connectivity index (χ4v) is 2.60. The Morgan fingerprint density at radius 2 is 1.43 bits per heavy atom. The predicted molar refractivity (Wildman–Crippen MR) is 108 cm³/mol. The molecule has 0 radical (unpaired) electrons. The average Bonchev–Trinajstić information content (AvgIpc) is 2.63. The Bertz CT molecular complexity index is 638. The van der Waals surface area contributed by atoms with E-state index in [4.69, 9.17) is 15.9 Å². The van der Waals surface area contributed by atoms with Crippen LogP contribution in [0.15, 0.2) is 0 Å². The van der Waals surface area contributed by atoms with E-state index in [-0.39, 0.29) is 11.8 Å². The molecule has 0 rings (SSSR count). The molecule has 0 bridgehead atoms. The van der Waals surface area contributed by atoms with Crippen LogP contribution in [-0.4, -0.2) is 64.0 Å². The molecule has 30 heavy (non-hydrogen) atoms. The molecule has 0 saturated heterocycles. The van der Waals surface area contributed by atoms with Gasteiger partial charge in [0.05, 0.1) is 12.5 Å². The summed E-state index contributed by atoms with van der Waals surface area (Å²) in [5, 5.41) is 25.0. The maximum Gasteiger partial charge on any atom is 0.325 e. The standard InChI is InChI=1S/C19H34N4O7/c1-6-10(4)15(23-16(26)12(20)7-9(2)3)18(28)22-13(8-14(24)25)17(27)21-11(5)19(29)30/h9-13,15H,6-8,20H2,1-5H3,(H,21,27)(H,22,28)(H,23,26)(H,24,25)(H,29,30). The Morgan fingerprint density at radius 3 is 1.87 bits per heavy atom. The van der Waals surface area contributed by atoms with E-state index in [0.29, 0.717) is 12.8 Å². The predicted octanol–water partition coefficient (Wildman–Crippen LogP) is -0.560. The van der Waals surface area contributed by atoms with Crippen molar-refractivity contribution >= 4 is 29.7 Å². The molecule has 0 spiro atoms. The fraction of sp³-hybridized carbons (Fsp3) is 0.737. The van der Waals surface area contributed by atoms with E-state index < -0.39 is 60.2 Å². The number of amides is 3. The van der Waals surface area contributed by atoms with Crippen LogP contribution in [0.5, 0.6) is 0 Å². The van der Waals surface area contributed by atoms with Crippen LogP contribution < -0.4 is 21.7 Å². The van der Waals surface area contributed by atoms with Crippen LogP contribution >= 0.6 is 0 Å². The summed E-state index contributed by atoms with van der Waals surface area (Å²) in [6.45, 7) is 8.54. The normalized spacial score (nSPS) is 16.0. The maximum absolute atomic E-state index is 12.8. The number of carboxylic acids is 2. The molecule has 0 aliphatic rings. The number of nitrogens with one attached hydrogen (secondary N) is 3. The highest BCUT2D eigenvalue weighted by Crippen LogP contribution is 2.11. The highest BCUT2D eigenvalue weighted by atomic mass is 16.4. The molecule has 0 aliphatic heterocycles. The van der Waals surface area contributed by atoms with Crippen LogP contribution in [0.25, 0.3) is 0 Å². The summed E-state index contributed by atoms with van der Waals surface area (Å²) in [6.07, 6.45) is 0.180. The van der Waals surface area contributed by atoms with Crippen molar-refractivity contribution in [2.45, 2.75) is 78.0 Å². The third kappa shape index (κ3) is 9.68. The van der Waals surface area contributed by atoms with Crippen LogP contribution in [0.3, 0.4) is 0 Å². The van der Waals surface area contributed by atoms with E-state index in [2.05, 4.69) is 16.0 Å². The van der Waals surface area contributed by atoms with Crippen LogP contribution in [0.2, 0.25) is 0 Å². The zero-order chi connectivity index (χ0) is 23.6. The highest BCUT2D eigenvalue weighted by molar-refractivity contribution is 5.95. The van der Waals surface area contributed by atoms with E-state index in [1.165, 1.54) is 6.92 Å². The zero-order valence-corrected chi connectivity index (χ0v) is 18.1. The summed E-state index contributed by atoms with van der Waals surface area (Å²) in [5.41, 5.74) is 5.87. The van der Waals surface area contributed by atoms with Crippen molar-refractivity contribution < 1.29 is 34.2 Å². The average molecular weight is 431 g/mol. The minimum Gasteiger partial charge on any atom is -0.481 e. The molecule has 0 saturated carbocycles. The van der Waals surface area contributed by atoms with Gasteiger partial charge in [0.1, 0.15) is 18.1 Å². The Morgan fingerprint density at radius 1 is 0.867 bits per heavy atom. The van der Waals surface area contributed by atoms with Crippen molar-refractivity contribution in [3.8, 4) is 0 Å². The van der Waals surface area contributed by atoms with Crippen molar-refractivity contribution in [2.75, 3.05) is 0 Å². The van der Waals surface area contributed by atoms with E-state index >= 15 is 0 Å². The Kier molecular flexibility index (Phi) is 11.6. The monoisotopic (exact) mass is 430 g/mol. The first-order valence-electron chi connectivity index (χ1n) is 9.91. The maximum atomic E-state index is 12.8. The zero-order valence-electron chi connectivity index (χ0n) is 18.1. The molecular weight excluding hydrogens is 396 g/mol. The molecule has 0 heterocycles. The second-order valence-electron chi connectivity index (χ2n) is 7.84. The lowest BCUT2D eigenvalue weighted by atomic mass is 9.96. The van der Waals surface area contributed by atoms with Gasteiger partial charge in [-0.3, -0.25) is 24.0 Å². The van der Waals surface area contributed by atoms with Crippen molar-refractivity contribution in [1.82, 2.24) is 16.0 Å². The van der Waals surface area contributed by atoms with Gasteiger partial charge in [-0.05, 0) is 25.2 Å². The molecule has 0 aromatic carbocycles. The summed E-state index contributed by atoms with van der Waals surface area (Å²) in [4.78, 5) is 59.5. The molecule has 11 heteroatoms. The van der Waals surface area contributed by atoms with Gasteiger partial charge in [0.15, 0.2) is 0 Å². The van der Waals surface area contributed by atoms with Crippen molar-refractivity contribution in [2.24, 2.45) is 17.6 Å². The van der Waals surface area contributed by atoms with Gasteiger partial charge < -0.3 is 31.9 Å². The lowest BCUT2D eigenvalue weighted by molar-refractivity contribution is -0.143. The Labute approximate surface area is 176 Å². The molecule has 5 unspecified atom stereocenters. The van der Waals surface area contributed by atoms with Gasteiger partial charge in [0.25, 0.3) is 0 Å². The Hall–Kier alpha value is -2.69. The van der Waals surface area contributed by atoms with Gasteiger partial charge in [-0.1, -0.05) is 34.1 Å². The van der Waals surface area contributed by atoms with Crippen LogP contribution in [0.4, 0.5) is 0 Å². The van der Waals surface area contributed by atoms with Crippen molar-refractivity contribution in [3.63, 3.8) is 0 Å². The second-order valence-corrected chi connectivity index (χ2v) is 7.84. The molecule has 0 aromatic heterocycles. The van der Waals surface area contributed by atoms with E-state index in [9.17, 15) is 24.0 Å². The summed E-state index contributed by atoms with van der Waals surface area (Å²) in [6, 6.07) is -4.64. The van der Waals surface area contributed by atoms with Crippen molar-refractivity contribution in [1.29, 1.82) is 0 Å². The molecule has 172 valence electrons. The smallest absolute Gasteiger partial charge is 0.325 e. The summed E-state index contributed by atoms with van der Waals surface area (Å²) < 4.78 is 0. The van der Waals surface area contributed by atoms with Gasteiger partial charge in [0, 0.05) is 0 Å². The molecule has 0 aliphatic carbocycles. The molecule has 0 aromatic rings. The third-order valence-electron chi connectivity index (χ3n) is 4.60. The first-order chi connectivity index (χ1) is 13.8. The van der Waals surface area contributed by atoms with Gasteiger partial charge in [0.2, 0.25) is 17.7 Å². The summed E-state index contributed by atoms with van der Waals surface area (Å²) in [7, 11) is 0. The quantitative estimate of drug-likeness (QED) is 0.224. The lowest BCUT2D eigenvalue weighted by Gasteiger charge is -2.27. The Balaban J connectivity index is 5.42. The van der Waals surface area contributed by atoms with Gasteiger partial charge >= 0.3 is 11.9 Å². The van der Waals surface area contributed by atoms with E-state index in [1.807, 2.05) is 13.8 Å². The molecule has 5 atom stereocenters. The highest BCUT2D eigenvalue weighted by Gasteiger charge is 2.32. The van der Waals surface area contributed by atoms with Crippen LogP contribution in [-0.2, 0) is 24.0 Å². The molecular formula is C19H34N4O7. The number of carbonyl (C=O) groups excluding carboxylic acids is 3.